The Morgan fingerprint density at radius 2 is 1.83 bits per heavy atom. The van der Waals surface area contributed by atoms with Gasteiger partial charge in [0.25, 0.3) is 0 Å². The Balaban J connectivity index is 2.03. The van der Waals surface area contributed by atoms with Gasteiger partial charge in [0, 0.05) is 6.07 Å². The third-order valence-corrected chi connectivity index (χ3v) is 3.92. The Hall–Kier alpha value is -3.19. The van der Waals surface area contributed by atoms with E-state index < -0.39 is 0 Å². The van der Waals surface area contributed by atoms with E-state index in [1.54, 1.807) is 6.07 Å². The lowest BCUT2D eigenvalue weighted by Gasteiger charge is -2.14. The molecule has 1 heterocycles. The first kappa shape index (κ1) is 15.7. The summed E-state index contributed by atoms with van der Waals surface area (Å²) < 4.78 is 7.91. The van der Waals surface area contributed by atoms with Gasteiger partial charge in [-0.15, -0.1) is 0 Å². The minimum atomic E-state index is 0.461. The molecule has 0 spiro atoms. The Morgan fingerprint density at radius 1 is 1.08 bits per heavy atom. The normalized spacial score (nSPS) is 10.4. The van der Waals surface area contributed by atoms with Gasteiger partial charge in [-0.1, -0.05) is 42.5 Å². The van der Waals surface area contributed by atoms with Crippen molar-refractivity contribution in [2.45, 2.75) is 20.4 Å². The minimum absolute atomic E-state index is 0.461. The van der Waals surface area contributed by atoms with Gasteiger partial charge in [-0.05, 0) is 36.6 Å². The van der Waals surface area contributed by atoms with Gasteiger partial charge in [0.15, 0.2) is 0 Å². The molecule has 2 N–H and O–H groups in total. The molecule has 0 fully saturated rings. The zero-order chi connectivity index (χ0) is 17.1. The largest absolute Gasteiger partial charge is 0.438 e. The number of ether oxygens (including phenoxy) is 1. The van der Waals surface area contributed by atoms with E-state index in [1.807, 2.05) is 66.9 Å². The molecule has 0 unspecified atom stereocenters. The zero-order valence-electron chi connectivity index (χ0n) is 13.8. The molecular weight excluding hydrogens is 298 g/mol. The number of hydrogen-bond donors (Lipinski definition) is 1. The van der Waals surface area contributed by atoms with Crippen molar-refractivity contribution in [3.05, 3.63) is 77.0 Å². The fourth-order valence-electron chi connectivity index (χ4n) is 2.60. The second kappa shape index (κ2) is 6.51. The molecule has 0 amide bonds. The quantitative estimate of drug-likeness (QED) is 0.775. The second-order valence-corrected chi connectivity index (χ2v) is 5.84. The van der Waals surface area contributed by atoms with Crippen LogP contribution < -0.4 is 10.5 Å². The first-order valence-corrected chi connectivity index (χ1v) is 7.76. The first-order chi connectivity index (χ1) is 11.6. The highest BCUT2D eigenvalue weighted by Crippen LogP contribution is 2.33. The van der Waals surface area contributed by atoms with Crippen LogP contribution >= 0.6 is 0 Å². The van der Waals surface area contributed by atoms with Crippen LogP contribution in [0.4, 0.5) is 5.69 Å². The van der Waals surface area contributed by atoms with E-state index in [9.17, 15) is 5.26 Å². The van der Waals surface area contributed by atoms with Gasteiger partial charge in [0.2, 0.25) is 5.88 Å². The molecule has 0 aliphatic carbocycles. The van der Waals surface area contributed by atoms with Crippen molar-refractivity contribution in [1.29, 1.82) is 5.26 Å². The maximum absolute atomic E-state index is 9.42. The standard InChI is InChI=1S/C20H19N3O/c1-14-8-9-15(2)19(10-14)24-20-18(22)11-17(12-21)23(20)13-16-6-4-3-5-7-16/h3-11H,13,22H2,1-2H3. The molecule has 0 radical (unpaired) electrons. The Morgan fingerprint density at radius 3 is 2.54 bits per heavy atom. The number of nitrogens with zero attached hydrogens (tertiary/aromatic N) is 2. The van der Waals surface area contributed by atoms with Crippen LogP contribution in [0.1, 0.15) is 22.4 Å². The molecule has 0 aliphatic heterocycles. The molecule has 0 saturated heterocycles. The zero-order valence-corrected chi connectivity index (χ0v) is 13.8. The van der Waals surface area contributed by atoms with Crippen molar-refractivity contribution in [2.24, 2.45) is 0 Å². The summed E-state index contributed by atoms with van der Waals surface area (Å²) in [6, 6.07) is 19.8. The molecule has 3 rings (SSSR count). The SMILES string of the molecule is Cc1ccc(C)c(Oc2c(N)cc(C#N)n2Cc2ccccc2)c1. The fraction of sp³-hybridized carbons (Fsp3) is 0.150. The minimum Gasteiger partial charge on any atom is -0.438 e. The van der Waals surface area contributed by atoms with E-state index in [0.29, 0.717) is 23.8 Å². The number of aromatic nitrogens is 1. The number of rotatable bonds is 4. The molecule has 0 saturated carbocycles. The summed E-state index contributed by atoms with van der Waals surface area (Å²) in [6.07, 6.45) is 0. The number of aryl methyl sites for hydroxylation is 2. The molecule has 2 aromatic carbocycles. The van der Waals surface area contributed by atoms with Crippen LogP contribution in [0.25, 0.3) is 0 Å². The number of benzene rings is 2. The van der Waals surface area contributed by atoms with Gasteiger partial charge < -0.3 is 10.5 Å². The lowest BCUT2D eigenvalue weighted by atomic mass is 10.1. The number of anilines is 1. The van der Waals surface area contributed by atoms with Crippen molar-refractivity contribution >= 4 is 5.69 Å². The molecule has 0 atom stereocenters. The van der Waals surface area contributed by atoms with E-state index in [4.69, 9.17) is 10.5 Å². The van der Waals surface area contributed by atoms with Crippen LogP contribution in [-0.2, 0) is 6.54 Å². The average Bonchev–Trinajstić information content (AvgIpc) is 2.87. The molecule has 3 aromatic rings. The maximum Gasteiger partial charge on any atom is 0.224 e. The van der Waals surface area contributed by atoms with Crippen molar-refractivity contribution in [3.8, 4) is 17.7 Å². The lowest BCUT2D eigenvalue weighted by molar-refractivity contribution is 0.434. The number of hydrogen-bond acceptors (Lipinski definition) is 3. The van der Waals surface area contributed by atoms with Crippen LogP contribution in [0.5, 0.6) is 11.6 Å². The van der Waals surface area contributed by atoms with Gasteiger partial charge in [0.1, 0.15) is 17.5 Å². The van der Waals surface area contributed by atoms with Crippen LogP contribution in [0.3, 0.4) is 0 Å². The molecule has 1 aromatic heterocycles. The van der Waals surface area contributed by atoms with Gasteiger partial charge >= 0.3 is 0 Å². The van der Waals surface area contributed by atoms with Crippen LogP contribution in [-0.4, -0.2) is 4.57 Å². The van der Waals surface area contributed by atoms with Crippen molar-refractivity contribution in [1.82, 2.24) is 4.57 Å². The lowest BCUT2D eigenvalue weighted by Crippen LogP contribution is -2.05. The van der Waals surface area contributed by atoms with Crippen LogP contribution in [0.2, 0.25) is 0 Å². The highest BCUT2D eigenvalue weighted by Gasteiger charge is 2.16. The predicted molar refractivity (Wildman–Crippen MR) is 95.1 cm³/mol. The topological polar surface area (TPSA) is 64.0 Å². The molecule has 24 heavy (non-hydrogen) atoms. The van der Waals surface area contributed by atoms with E-state index >= 15 is 0 Å². The summed E-state index contributed by atoms with van der Waals surface area (Å²) in [7, 11) is 0. The number of nitrogens with two attached hydrogens (primary N) is 1. The van der Waals surface area contributed by atoms with Crippen molar-refractivity contribution < 1.29 is 4.74 Å². The molecular formula is C20H19N3O. The van der Waals surface area contributed by atoms with Gasteiger partial charge in [-0.3, -0.25) is 4.57 Å². The number of nitrogen functional groups attached to an aromatic ring is 1. The summed E-state index contributed by atoms with van der Waals surface area (Å²) in [6.45, 7) is 4.53. The van der Waals surface area contributed by atoms with E-state index in [2.05, 4.69) is 6.07 Å². The Kier molecular flexibility index (Phi) is 4.26. The predicted octanol–water partition coefficient (Wildman–Crippen LogP) is 4.40. The van der Waals surface area contributed by atoms with Gasteiger partial charge in [0.05, 0.1) is 12.2 Å². The van der Waals surface area contributed by atoms with Crippen LogP contribution in [0, 0.1) is 25.2 Å². The van der Waals surface area contributed by atoms with Crippen molar-refractivity contribution in [2.75, 3.05) is 5.73 Å². The van der Waals surface area contributed by atoms with Gasteiger partial charge in [-0.2, -0.15) is 5.26 Å². The highest BCUT2D eigenvalue weighted by atomic mass is 16.5. The number of nitriles is 1. The van der Waals surface area contributed by atoms with E-state index in [-0.39, 0.29) is 0 Å². The van der Waals surface area contributed by atoms with E-state index in [0.717, 1.165) is 22.4 Å². The third-order valence-electron chi connectivity index (χ3n) is 3.92. The monoisotopic (exact) mass is 317 g/mol. The molecule has 4 heteroatoms. The fourth-order valence-corrected chi connectivity index (χ4v) is 2.60. The first-order valence-electron chi connectivity index (χ1n) is 7.76. The van der Waals surface area contributed by atoms with Crippen LogP contribution in [0.15, 0.2) is 54.6 Å². The maximum atomic E-state index is 9.42. The molecule has 120 valence electrons. The summed E-state index contributed by atoms with van der Waals surface area (Å²) >= 11 is 0. The van der Waals surface area contributed by atoms with E-state index in [1.165, 1.54) is 0 Å². The highest BCUT2D eigenvalue weighted by molar-refractivity contribution is 5.57. The third kappa shape index (κ3) is 3.11. The average molecular weight is 317 g/mol. The summed E-state index contributed by atoms with van der Waals surface area (Å²) in [5.41, 5.74) is 10.3. The van der Waals surface area contributed by atoms with Gasteiger partial charge in [-0.25, -0.2) is 0 Å². The smallest absolute Gasteiger partial charge is 0.224 e. The van der Waals surface area contributed by atoms with Crippen molar-refractivity contribution in [3.63, 3.8) is 0 Å². The molecule has 4 nitrogen and oxygen atoms in total. The second-order valence-electron chi connectivity index (χ2n) is 5.84. The Bertz CT molecular complexity index is 905. The summed E-state index contributed by atoms with van der Waals surface area (Å²) in [5.74, 6) is 1.25. The summed E-state index contributed by atoms with van der Waals surface area (Å²) in [5, 5.41) is 9.42. The Labute approximate surface area is 141 Å². The molecule has 0 bridgehead atoms. The summed E-state index contributed by atoms with van der Waals surface area (Å²) in [4.78, 5) is 0. The molecule has 0 aliphatic rings.